The summed E-state index contributed by atoms with van der Waals surface area (Å²) in [6.45, 7) is 11.5. The number of epoxide rings is 1. The van der Waals surface area contributed by atoms with Gasteiger partial charge in [-0.25, -0.2) is 0 Å². The van der Waals surface area contributed by atoms with Crippen LogP contribution < -0.4 is 0 Å². The fourth-order valence-electron chi connectivity index (χ4n) is 8.63. The SMILES string of the molecule is C=C(C)[C@]12C[C@@H](C)[C@@]34O[C@](/C=C/C=C/CCCCCCC)(O[C@@H]1[C@@H]3[C@@H]1O[C@]1(CO)[C@@H](O)[C@]1(O)C(=O)C(C)=C[C@H]14)O2. The highest BCUT2D eigenvalue weighted by Gasteiger charge is 2.88. The number of carbonyl (C=O) groups is 1. The molecule has 3 aliphatic heterocycles. The Kier molecular flexibility index (Phi) is 6.71. The van der Waals surface area contributed by atoms with Crippen molar-refractivity contribution in [3.63, 3.8) is 0 Å². The van der Waals surface area contributed by atoms with Gasteiger partial charge in [-0.05, 0) is 50.2 Å². The topological polar surface area (TPSA) is 118 Å². The summed E-state index contributed by atoms with van der Waals surface area (Å²) in [5.74, 6) is -3.80. The Balaban J connectivity index is 1.40. The molecule has 3 N–H and O–H groups in total. The second kappa shape index (κ2) is 9.43. The molecule has 0 spiro atoms. The molecular weight excluding hydrogens is 512 g/mol. The molecule has 0 amide bonds. The molecule has 5 fully saturated rings. The average molecular weight is 557 g/mol. The standard InChI is InChI=1S/C32H44O8/c1-6-7-8-9-10-11-12-13-14-15-30-38-25-23-26-29(18-33,37-26)27(35)31(36)22(16-20(4)24(31)34)32(23,40-30)21(5)17-28(25,39-30)19(2)3/h12-16,21-23,25-27,33,35-36H,2,6-11,17-18H2,1,3-5H3/b13-12+,15-14+/t21-,22-,23-,25-,26+,27-,28-,29+,30-,31-,32+/m1/s1. The number of unbranched alkanes of at least 4 members (excludes halogenated alkanes) is 5. The number of aliphatic hydroxyl groups excluding tert-OH is 2. The molecule has 3 bridgehead atoms. The third-order valence-corrected chi connectivity index (χ3v) is 10.7. The van der Waals surface area contributed by atoms with E-state index in [4.69, 9.17) is 18.9 Å². The molecule has 6 aliphatic rings. The maximum atomic E-state index is 13.5. The Morgan fingerprint density at radius 2 is 1.90 bits per heavy atom. The quantitative estimate of drug-likeness (QED) is 0.162. The molecule has 3 aliphatic carbocycles. The monoisotopic (exact) mass is 556 g/mol. The number of Topliss-reactive ketones (excluding diaryl/α,β-unsaturated/α-hetero) is 1. The number of hydrogen-bond acceptors (Lipinski definition) is 8. The number of aliphatic hydroxyl groups is 3. The predicted molar refractivity (Wildman–Crippen MR) is 147 cm³/mol. The van der Waals surface area contributed by atoms with Crippen LogP contribution in [-0.4, -0.2) is 74.4 Å². The largest absolute Gasteiger partial charge is 0.393 e. The number of rotatable bonds is 10. The van der Waals surface area contributed by atoms with Crippen LogP contribution >= 0.6 is 0 Å². The molecule has 11 atom stereocenters. The molecular formula is C32H44O8. The summed E-state index contributed by atoms with van der Waals surface area (Å²) in [7, 11) is 0. The van der Waals surface area contributed by atoms with Crippen molar-refractivity contribution in [3.05, 3.63) is 48.1 Å². The second-order valence-corrected chi connectivity index (χ2v) is 13.0. The minimum atomic E-state index is -2.22. The third-order valence-electron chi connectivity index (χ3n) is 10.7. The molecule has 2 saturated carbocycles. The van der Waals surface area contributed by atoms with Gasteiger partial charge >= 0.3 is 5.97 Å². The van der Waals surface area contributed by atoms with Gasteiger partial charge in [0.15, 0.2) is 11.4 Å². The first-order valence-electron chi connectivity index (χ1n) is 15.0. The highest BCUT2D eigenvalue weighted by molar-refractivity contribution is 6.05. The summed E-state index contributed by atoms with van der Waals surface area (Å²) in [5, 5.41) is 34.1. The van der Waals surface area contributed by atoms with E-state index in [1.807, 2.05) is 26.0 Å². The first-order valence-corrected chi connectivity index (χ1v) is 15.0. The van der Waals surface area contributed by atoms with Gasteiger partial charge in [0.1, 0.15) is 29.5 Å². The van der Waals surface area contributed by atoms with Crippen LogP contribution in [0.1, 0.15) is 72.6 Å². The van der Waals surface area contributed by atoms with E-state index >= 15 is 0 Å². The van der Waals surface area contributed by atoms with Crippen LogP contribution in [-0.2, 0) is 23.7 Å². The van der Waals surface area contributed by atoms with Gasteiger partial charge < -0.3 is 34.3 Å². The highest BCUT2D eigenvalue weighted by Crippen LogP contribution is 2.72. The van der Waals surface area contributed by atoms with E-state index in [0.717, 1.165) is 18.4 Å². The van der Waals surface area contributed by atoms with Gasteiger partial charge in [0.25, 0.3) is 0 Å². The van der Waals surface area contributed by atoms with Gasteiger partial charge in [-0.3, -0.25) is 4.79 Å². The fraction of sp³-hybridized carbons (Fsp3) is 0.719. The number of hydrogen-bond donors (Lipinski definition) is 3. The number of ketones is 1. The van der Waals surface area contributed by atoms with E-state index in [9.17, 15) is 20.1 Å². The van der Waals surface area contributed by atoms with Crippen molar-refractivity contribution in [2.45, 2.75) is 119 Å². The molecule has 8 nitrogen and oxygen atoms in total. The van der Waals surface area contributed by atoms with Crippen LogP contribution in [0.15, 0.2) is 48.1 Å². The van der Waals surface area contributed by atoms with Crippen LogP contribution in [0.25, 0.3) is 0 Å². The van der Waals surface area contributed by atoms with E-state index < -0.39 is 70.9 Å². The molecule has 0 aromatic heterocycles. The molecule has 0 aromatic rings. The zero-order chi connectivity index (χ0) is 28.7. The number of fused-ring (bicyclic) bond motifs is 3. The minimum Gasteiger partial charge on any atom is -0.393 e. The van der Waals surface area contributed by atoms with Crippen LogP contribution in [0.3, 0.4) is 0 Å². The van der Waals surface area contributed by atoms with Crippen molar-refractivity contribution in [1.29, 1.82) is 0 Å². The molecule has 40 heavy (non-hydrogen) atoms. The van der Waals surface area contributed by atoms with E-state index in [0.29, 0.717) is 12.0 Å². The zero-order valence-electron chi connectivity index (χ0n) is 24.1. The summed E-state index contributed by atoms with van der Waals surface area (Å²) in [6, 6.07) is 0. The lowest BCUT2D eigenvalue weighted by Gasteiger charge is -2.59. The summed E-state index contributed by atoms with van der Waals surface area (Å²) in [6.07, 6.45) is 14.1. The van der Waals surface area contributed by atoms with Gasteiger partial charge in [-0.2, -0.15) is 0 Å². The van der Waals surface area contributed by atoms with Crippen LogP contribution in [0.4, 0.5) is 0 Å². The fourth-order valence-corrected chi connectivity index (χ4v) is 8.63. The predicted octanol–water partition coefficient (Wildman–Crippen LogP) is 3.65. The first-order chi connectivity index (χ1) is 19.0. The lowest BCUT2D eigenvalue weighted by molar-refractivity contribution is -0.406. The Labute approximate surface area is 236 Å². The molecule has 3 heterocycles. The average Bonchev–Trinajstić information content (AvgIpc) is 3.56. The smallest absolute Gasteiger partial charge is 0.306 e. The van der Waals surface area contributed by atoms with E-state index in [1.165, 1.54) is 25.7 Å². The van der Waals surface area contributed by atoms with E-state index in [2.05, 4.69) is 19.6 Å². The Morgan fingerprint density at radius 3 is 2.60 bits per heavy atom. The Hall–Kier alpha value is -1.65. The number of allylic oxidation sites excluding steroid dienone is 3. The second-order valence-electron chi connectivity index (χ2n) is 13.0. The van der Waals surface area contributed by atoms with Crippen LogP contribution in [0.5, 0.6) is 0 Å². The molecule has 3 saturated heterocycles. The van der Waals surface area contributed by atoms with Gasteiger partial charge in [0.05, 0.1) is 12.2 Å². The maximum absolute atomic E-state index is 13.5. The molecule has 0 unspecified atom stereocenters. The third kappa shape index (κ3) is 3.47. The zero-order valence-corrected chi connectivity index (χ0v) is 24.1. The van der Waals surface area contributed by atoms with E-state index in [1.54, 1.807) is 19.1 Å². The van der Waals surface area contributed by atoms with Crippen LogP contribution in [0.2, 0.25) is 0 Å². The van der Waals surface area contributed by atoms with Crippen molar-refractivity contribution in [2.24, 2.45) is 17.8 Å². The summed E-state index contributed by atoms with van der Waals surface area (Å²) < 4.78 is 26.4. The molecule has 0 aromatic carbocycles. The highest BCUT2D eigenvalue weighted by atomic mass is 16.9. The Bertz CT molecular complexity index is 1180. The lowest BCUT2D eigenvalue weighted by atomic mass is 9.54. The van der Waals surface area contributed by atoms with Gasteiger partial charge in [-0.1, -0.05) is 70.4 Å². The number of carbonyl (C=O) groups excluding carboxylic acids is 1. The summed E-state index contributed by atoms with van der Waals surface area (Å²) in [4.78, 5) is 13.5. The summed E-state index contributed by atoms with van der Waals surface area (Å²) in [5.41, 5.74) is -4.66. The van der Waals surface area contributed by atoms with Crippen molar-refractivity contribution in [3.8, 4) is 0 Å². The molecule has 0 radical (unpaired) electrons. The van der Waals surface area contributed by atoms with Gasteiger partial charge in [0.2, 0.25) is 0 Å². The van der Waals surface area contributed by atoms with E-state index in [-0.39, 0.29) is 5.92 Å². The van der Waals surface area contributed by atoms with Crippen molar-refractivity contribution in [2.75, 3.05) is 6.61 Å². The molecule has 8 heteroatoms. The van der Waals surface area contributed by atoms with Crippen molar-refractivity contribution in [1.82, 2.24) is 0 Å². The van der Waals surface area contributed by atoms with Gasteiger partial charge in [0, 0.05) is 17.9 Å². The first kappa shape index (κ1) is 28.5. The molecule has 6 rings (SSSR count). The Morgan fingerprint density at radius 1 is 1.15 bits per heavy atom. The maximum Gasteiger partial charge on any atom is 0.306 e. The molecule has 220 valence electrons. The van der Waals surface area contributed by atoms with Gasteiger partial charge in [-0.15, -0.1) is 0 Å². The lowest BCUT2D eigenvalue weighted by Crippen LogP contribution is -2.72. The van der Waals surface area contributed by atoms with Crippen molar-refractivity contribution < 1.29 is 39.1 Å². The normalized spacial score (nSPS) is 50.2. The minimum absolute atomic E-state index is 0.236. The van der Waals surface area contributed by atoms with Crippen LogP contribution in [0, 0.1) is 17.8 Å². The summed E-state index contributed by atoms with van der Waals surface area (Å²) >= 11 is 0. The van der Waals surface area contributed by atoms with Crippen molar-refractivity contribution >= 4 is 5.78 Å². The number of ether oxygens (including phenoxy) is 4.